The van der Waals surface area contributed by atoms with Crippen LogP contribution in [0.4, 0.5) is 4.39 Å². The van der Waals surface area contributed by atoms with E-state index in [0.717, 1.165) is 5.56 Å². The molecule has 2 aliphatic carbocycles. The number of nitrogens with zero attached hydrogens (tertiary/aromatic N) is 3. The predicted molar refractivity (Wildman–Crippen MR) is 275 cm³/mol. The molecule has 9 rings (SSSR count). The number of carbonyl (C=O) groups is 9. The van der Waals surface area contributed by atoms with Gasteiger partial charge < -0.3 is 66.4 Å². The van der Waals surface area contributed by atoms with E-state index in [1.807, 2.05) is 0 Å². The van der Waals surface area contributed by atoms with Crippen molar-refractivity contribution >= 4 is 64.2 Å². The first kappa shape index (κ1) is 55.3. The van der Waals surface area contributed by atoms with Crippen molar-refractivity contribution in [1.82, 2.24) is 51.7 Å². The Balaban J connectivity index is 0.806. The molecule has 4 atom stereocenters. The lowest BCUT2D eigenvalue weighted by Crippen LogP contribution is -2.56. The van der Waals surface area contributed by atoms with Gasteiger partial charge in [-0.1, -0.05) is 43.3 Å². The van der Waals surface area contributed by atoms with Gasteiger partial charge in [0, 0.05) is 48.2 Å². The predicted octanol–water partition coefficient (Wildman–Crippen LogP) is -0.839. The summed E-state index contributed by atoms with van der Waals surface area (Å²) < 4.78 is 28.4. The normalized spacial score (nSPS) is 18.9. The van der Waals surface area contributed by atoms with Crippen molar-refractivity contribution in [2.45, 2.75) is 101 Å². The quantitative estimate of drug-likeness (QED) is 0.0302. The van der Waals surface area contributed by atoms with Crippen LogP contribution in [0.1, 0.15) is 84.0 Å². The number of fused-ring (bicyclic) bond motifs is 5. The van der Waals surface area contributed by atoms with Gasteiger partial charge in [-0.2, -0.15) is 0 Å². The zero-order valence-electron chi connectivity index (χ0n) is 43.3. The highest BCUT2D eigenvalue weighted by Gasteiger charge is 2.48. The molecule has 25 heteroatoms. The van der Waals surface area contributed by atoms with Gasteiger partial charge in [0.25, 0.3) is 11.5 Å². The van der Waals surface area contributed by atoms with Gasteiger partial charge in [0.2, 0.25) is 35.4 Å². The Morgan fingerprint density at radius 1 is 0.911 bits per heavy atom. The molecular weight excluding hydrogens is 1030 g/mol. The van der Waals surface area contributed by atoms with E-state index in [1.165, 1.54) is 27.7 Å². The molecule has 1 saturated carbocycles. The monoisotopic (exact) mass is 1090 g/mol. The second-order valence-electron chi connectivity index (χ2n) is 20.1. The molecule has 0 bridgehead atoms. The molecule has 1 fully saturated rings. The molecule has 0 radical (unpaired) electrons. The van der Waals surface area contributed by atoms with Crippen molar-refractivity contribution in [3.05, 3.63) is 110 Å². The molecule has 79 heavy (non-hydrogen) atoms. The van der Waals surface area contributed by atoms with Gasteiger partial charge in [0.15, 0.2) is 5.60 Å². The standard InChI is InChI=1S/C54H59FN10O14/c1-3-54(77)33-18-38-47-31(25-65(38)50(74)32(33)26-78-52(54)76)46-35(13-12-30-28(2)34(55)19-36(62-47)45(30)46)63-51(75)53(14-8-15-53)79-27-60-41(67)22-58-48(72)37(17-29-9-5-4-6-10-29)61-42(68)23-57-40(66)21-59-49(73)39(20-56-24-44(70)71)64-16-7-11-43(64)69/h4-7,9-11,18-19,35,37,39,56,77H,3,8,12-17,20-27H2,1-2H3,(H,57,66)(H,58,72)(H,59,73)(H,60,67)(H,61,68)(H,63,75)(H,70,71)/t35-,37-,39-,54-/m0/s1. The molecule has 0 spiro atoms. The summed E-state index contributed by atoms with van der Waals surface area (Å²) in [7, 11) is 0. The van der Waals surface area contributed by atoms with Crippen LogP contribution in [0, 0.1) is 12.7 Å². The number of aliphatic hydroxyl groups is 1. The largest absolute Gasteiger partial charge is 0.480 e. The van der Waals surface area contributed by atoms with Crippen molar-refractivity contribution in [3.63, 3.8) is 0 Å². The lowest BCUT2D eigenvalue weighted by atomic mass is 9.77. The van der Waals surface area contributed by atoms with Gasteiger partial charge >= 0.3 is 11.9 Å². The van der Waals surface area contributed by atoms with Gasteiger partial charge in [0.1, 0.15) is 36.8 Å². The highest BCUT2D eigenvalue weighted by Crippen LogP contribution is 2.47. The molecule has 5 heterocycles. The number of ether oxygens (including phenoxy) is 2. The minimum atomic E-state index is -2.06. The number of carboxylic acid groups (broad SMARTS) is 1. The third kappa shape index (κ3) is 11.2. The number of halogens is 1. The topological polar surface area (TPSA) is 335 Å². The van der Waals surface area contributed by atoms with Gasteiger partial charge in [-0.25, -0.2) is 14.2 Å². The molecule has 9 N–H and O–H groups in total. The summed E-state index contributed by atoms with van der Waals surface area (Å²) in [6, 6.07) is 8.58. The van der Waals surface area contributed by atoms with Crippen LogP contribution < -0.4 is 42.8 Å². The van der Waals surface area contributed by atoms with Gasteiger partial charge in [-0.3, -0.25) is 43.2 Å². The lowest BCUT2D eigenvalue weighted by Gasteiger charge is -2.41. The molecule has 2 aromatic carbocycles. The van der Waals surface area contributed by atoms with Crippen LogP contribution >= 0.6 is 0 Å². The maximum atomic E-state index is 15.5. The van der Waals surface area contributed by atoms with Crippen molar-refractivity contribution in [2.24, 2.45) is 0 Å². The third-order valence-electron chi connectivity index (χ3n) is 15.2. The summed E-state index contributed by atoms with van der Waals surface area (Å²) in [6.45, 7) is 0.256. The van der Waals surface area contributed by atoms with Crippen LogP contribution in [0.2, 0.25) is 0 Å². The summed E-state index contributed by atoms with van der Waals surface area (Å²) in [5, 5.41) is 39.2. The number of amides is 7. The summed E-state index contributed by atoms with van der Waals surface area (Å²) >= 11 is 0. The Bertz CT molecular complexity index is 3290. The number of aromatic nitrogens is 2. The van der Waals surface area contributed by atoms with Crippen LogP contribution in [-0.4, -0.2) is 142 Å². The molecule has 0 unspecified atom stereocenters. The number of benzene rings is 2. The number of aryl methyl sites for hydroxylation is 1. The summed E-state index contributed by atoms with van der Waals surface area (Å²) in [5.41, 5.74) is 0.480. The molecule has 0 saturated heterocycles. The number of hydrogen-bond donors (Lipinski definition) is 9. The van der Waals surface area contributed by atoms with Crippen molar-refractivity contribution in [3.8, 4) is 11.4 Å². The number of nitrogens with one attached hydrogen (secondary N) is 7. The summed E-state index contributed by atoms with van der Waals surface area (Å²) in [6.07, 6.45) is 4.78. The maximum absolute atomic E-state index is 15.5. The average Bonchev–Trinajstić information content (AvgIpc) is 3.77. The second kappa shape index (κ2) is 22.9. The van der Waals surface area contributed by atoms with E-state index in [1.54, 1.807) is 50.2 Å². The van der Waals surface area contributed by atoms with Crippen molar-refractivity contribution in [1.29, 1.82) is 0 Å². The highest BCUT2D eigenvalue weighted by atomic mass is 19.1. The summed E-state index contributed by atoms with van der Waals surface area (Å²) in [5.74, 6) is -7.16. The average molecular weight is 1090 g/mol. The van der Waals surface area contributed by atoms with Gasteiger partial charge in [-0.15, -0.1) is 0 Å². The fourth-order valence-electron chi connectivity index (χ4n) is 10.8. The van der Waals surface area contributed by atoms with Gasteiger partial charge in [0.05, 0.1) is 61.2 Å². The number of hydrogen-bond acceptors (Lipinski definition) is 15. The number of pyridine rings is 2. The van der Waals surface area contributed by atoms with Crippen LogP contribution in [0.25, 0.3) is 22.3 Å². The van der Waals surface area contributed by atoms with Crippen LogP contribution in [-0.2, 0) is 84.2 Å². The zero-order chi connectivity index (χ0) is 56.3. The van der Waals surface area contributed by atoms with E-state index < -0.39 is 127 Å². The Labute approximate surface area is 450 Å². The van der Waals surface area contributed by atoms with E-state index in [9.17, 15) is 53.1 Å². The fraction of sp³-hybridized carbons (Fsp3) is 0.426. The zero-order valence-corrected chi connectivity index (χ0v) is 43.3. The van der Waals surface area contributed by atoms with E-state index >= 15 is 4.39 Å². The van der Waals surface area contributed by atoms with E-state index in [4.69, 9.17) is 19.6 Å². The molecule has 416 valence electrons. The lowest BCUT2D eigenvalue weighted by molar-refractivity contribution is -0.172. The molecule has 3 aliphatic heterocycles. The Morgan fingerprint density at radius 3 is 2.32 bits per heavy atom. The van der Waals surface area contributed by atoms with E-state index in [2.05, 4.69) is 37.2 Å². The molecule has 2 aromatic heterocycles. The number of carboxylic acids is 1. The van der Waals surface area contributed by atoms with Gasteiger partial charge in [-0.05, 0) is 73.8 Å². The molecule has 4 aromatic rings. The second-order valence-corrected chi connectivity index (χ2v) is 20.1. The van der Waals surface area contributed by atoms with E-state index in [-0.39, 0.29) is 50.2 Å². The van der Waals surface area contributed by atoms with E-state index in [0.29, 0.717) is 76.6 Å². The molecule has 7 amide bonds. The number of aliphatic carboxylic acids is 1. The molecule has 24 nitrogen and oxygen atoms in total. The number of cyclic esters (lactones) is 1. The fourth-order valence-corrected chi connectivity index (χ4v) is 10.8. The Hall–Kier alpha value is -8.42. The Kier molecular flexibility index (Phi) is 16.0. The first-order valence-corrected chi connectivity index (χ1v) is 25.9. The van der Waals surface area contributed by atoms with Crippen molar-refractivity contribution in [2.75, 3.05) is 46.0 Å². The number of esters is 1. The van der Waals surface area contributed by atoms with Crippen LogP contribution in [0.3, 0.4) is 0 Å². The van der Waals surface area contributed by atoms with Crippen LogP contribution in [0.15, 0.2) is 59.4 Å². The van der Waals surface area contributed by atoms with Crippen LogP contribution in [0.5, 0.6) is 0 Å². The number of carbonyl (C=O) groups excluding carboxylic acids is 8. The third-order valence-corrected chi connectivity index (χ3v) is 15.2. The highest BCUT2D eigenvalue weighted by molar-refractivity contribution is 5.97. The summed E-state index contributed by atoms with van der Waals surface area (Å²) in [4.78, 5) is 136. The Morgan fingerprint density at radius 2 is 1.63 bits per heavy atom. The minimum absolute atomic E-state index is 0.00272. The smallest absolute Gasteiger partial charge is 0.343 e. The maximum Gasteiger partial charge on any atom is 0.343 e. The minimum Gasteiger partial charge on any atom is -0.480 e. The molecular formula is C54H59FN10O14. The first-order valence-electron chi connectivity index (χ1n) is 25.9. The number of rotatable bonds is 22. The SMILES string of the molecule is CC[C@@]1(O)C(=O)OCc2c1cc1n(c2=O)Cc2c-1nc1cc(F)c(C)c3c1c2[C@@H](NC(=O)C1(OCNC(=O)CNC(=O)[C@H](Cc2ccccc2)NC(=O)CNC(=O)CNC(=O)[C@H](CNCC(=O)O)N2CC=CC2=O)CCC1)CC3. The molecule has 5 aliphatic rings. The van der Waals surface area contributed by atoms with Crippen molar-refractivity contribution < 1.29 is 67.2 Å². The first-order chi connectivity index (χ1) is 37.8.